The van der Waals surface area contributed by atoms with Gasteiger partial charge in [-0.2, -0.15) is 11.3 Å². The Balaban J connectivity index is 1.56. The van der Waals surface area contributed by atoms with E-state index in [0.717, 1.165) is 17.5 Å². The molecule has 0 aliphatic heterocycles. The van der Waals surface area contributed by atoms with Crippen molar-refractivity contribution in [2.45, 2.75) is 18.4 Å². The van der Waals surface area contributed by atoms with Crippen molar-refractivity contribution in [2.24, 2.45) is 0 Å². The molecular weight excluding hydrogens is 258 g/mol. The van der Waals surface area contributed by atoms with E-state index in [4.69, 9.17) is 0 Å². The van der Waals surface area contributed by atoms with Gasteiger partial charge in [0, 0.05) is 6.54 Å². The maximum absolute atomic E-state index is 12.0. The third-order valence-corrected chi connectivity index (χ3v) is 4.27. The molecule has 0 bridgehead atoms. The molecule has 2 atom stereocenters. The number of hydrogen-bond donors (Lipinski definition) is 2. The minimum absolute atomic E-state index is 0.00739. The fourth-order valence-corrected chi connectivity index (χ4v) is 3.10. The van der Waals surface area contributed by atoms with Gasteiger partial charge in [-0.15, -0.1) is 0 Å². The smallest absolute Gasteiger partial charge is 0.227 e. The Morgan fingerprint density at radius 1 is 1.42 bits per heavy atom. The molecule has 1 aromatic heterocycles. The van der Waals surface area contributed by atoms with Gasteiger partial charge in [0.2, 0.25) is 5.91 Å². The number of amides is 1. The van der Waals surface area contributed by atoms with Crippen molar-refractivity contribution in [3.63, 3.8) is 0 Å². The molecule has 0 saturated heterocycles. The maximum Gasteiger partial charge on any atom is 0.227 e. The van der Waals surface area contributed by atoms with Crippen LogP contribution >= 0.6 is 11.3 Å². The van der Waals surface area contributed by atoms with E-state index < -0.39 is 6.10 Å². The van der Waals surface area contributed by atoms with Crippen LogP contribution in [0.1, 0.15) is 28.7 Å². The Kier molecular flexibility index (Phi) is 3.36. The molecule has 3 rings (SSSR count). The van der Waals surface area contributed by atoms with Gasteiger partial charge in [0.05, 0.1) is 12.0 Å². The molecule has 4 heteroatoms. The molecule has 0 radical (unpaired) electrons. The van der Waals surface area contributed by atoms with Crippen molar-refractivity contribution >= 4 is 17.2 Å². The lowest BCUT2D eigenvalue weighted by Crippen LogP contribution is -2.37. The van der Waals surface area contributed by atoms with Gasteiger partial charge in [0.25, 0.3) is 0 Å². The quantitative estimate of drug-likeness (QED) is 0.897. The summed E-state index contributed by atoms with van der Waals surface area (Å²) in [5, 5.41) is 16.6. The van der Waals surface area contributed by atoms with Gasteiger partial charge < -0.3 is 10.4 Å². The van der Waals surface area contributed by atoms with Gasteiger partial charge in [-0.05, 0) is 39.9 Å². The van der Waals surface area contributed by atoms with Crippen LogP contribution in [0.2, 0.25) is 0 Å². The van der Waals surface area contributed by atoms with E-state index in [2.05, 4.69) is 11.4 Å². The topological polar surface area (TPSA) is 49.3 Å². The Bertz CT molecular complexity index is 580. The third-order valence-electron chi connectivity index (χ3n) is 3.57. The van der Waals surface area contributed by atoms with Crippen LogP contribution in [0, 0.1) is 0 Å². The number of fused-ring (bicyclic) bond motifs is 1. The number of nitrogens with one attached hydrogen (secondary N) is 1. The van der Waals surface area contributed by atoms with E-state index in [0.29, 0.717) is 0 Å². The largest absolute Gasteiger partial charge is 0.387 e. The number of aliphatic hydroxyl groups is 1. The number of carbonyl (C=O) groups is 1. The summed E-state index contributed by atoms with van der Waals surface area (Å²) in [4.78, 5) is 12.0. The SMILES string of the molecule is O=C(NCC(O)c1ccsc1)C1Cc2ccccc21. The highest BCUT2D eigenvalue weighted by Gasteiger charge is 2.31. The monoisotopic (exact) mass is 273 g/mol. The fraction of sp³-hybridized carbons (Fsp3) is 0.267. The number of hydrogen-bond acceptors (Lipinski definition) is 3. The average Bonchev–Trinajstić information content (AvgIpc) is 2.91. The number of aliphatic hydroxyl groups excluding tert-OH is 1. The van der Waals surface area contributed by atoms with E-state index in [-0.39, 0.29) is 18.4 Å². The van der Waals surface area contributed by atoms with Gasteiger partial charge in [-0.25, -0.2) is 0 Å². The summed E-state index contributed by atoms with van der Waals surface area (Å²) in [7, 11) is 0. The Morgan fingerprint density at radius 2 is 2.26 bits per heavy atom. The second-order valence-electron chi connectivity index (χ2n) is 4.77. The molecule has 2 aromatic rings. The van der Waals surface area contributed by atoms with E-state index >= 15 is 0 Å². The molecule has 1 aliphatic rings. The lowest BCUT2D eigenvalue weighted by atomic mass is 9.77. The molecule has 1 heterocycles. The van der Waals surface area contributed by atoms with Crippen LogP contribution in [0.25, 0.3) is 0 Å². The van der Waals surface area contributed by atoms with E-state index in [9.17, 15) is 9.90 Å². The zero-order valence-corrected chi connectivity index (χ0v) is 11.2. The van der Waals surface area contributed by atoms with Crippen molar-refractivity contribution < 1.29 is 9.90 Å². The third kappa shape index (κ3) is 2.41. The van der Waals surface area contributed by atoms with Gasteiger partial charge in [-0.1, -0.05) is 24.3 Å². The van der Waals surface area contributed by atoms with Crippen LogP contribution in [0.5, 0.6) is 0 Å². The standard InChI is InChI=1S/C15H15NO2S/c17-14(11-5-6-19-9-11)8-16-15(18)13-7-10-3-1-2-4-12(10)13/h1-6,9,13-14,17H,7-8H2,(H,16,18). The van der Waals surface area contributed by atoms with Gasteiger partial charge in [0.15, 0.2) is 0 Å². The summed E-state index contributed by atoms with van der Waals surface area (Å²) in [5.41, 5.74) is 3.23. The highest BCUT2D eigenvalue weighted by Crippen LogP contribution is 2.34. The number of rotatable bonds is 4. The van der Waals surface area contributed by atoms with E-state index in [1.165, 1.54) is 5.56 Å². The summed E-state index contributed by atoms with van der Waals surface area (Å²) >= 11 is 1.54. The molecule has 3 nitrogen and oxygen atoms in total. The highest BCUT2D eigenvalue weighted by molar-refractivity contribution is 7.07. The molecule has 1 amide bonds. The number of carbonyl (C=O) groups excluding carboxylic acids is 1. The number of thiophene rings is 1. The highest BCUT2D eigenvalue weighted by atomic mass is 32.1. The molecule has 2 unspecified atom stereocenters. The first kappa shape index (κ1) is 12.4. The molecule has 0 saturated carbocycles. The zero-order valence-electron chi connectivity index (χ0n) is 10.4. The minimum atomic E-state index is -0.620. The first-order valence-electron chi connectivity index (χ1n) is 6.31. The molecular formula is C15H15NO2S. The normalized spacial score (nSPS) is 18.3. The molecule has 2 N–H and O–H groups in total. The van der Waals surface area contributed by atoms with Gasteiger partial charge in [0.1, 0.15) is 0 Å². The van der Waals surface area contributed by atoms with Crippen molar-refractivity contribution in [2.75, 3.05) is 6.54 Å². The van der Waals surface area contributed by atoms with E-state index in [1.807, 2.05) is 35.0 Å². The summed E-state index contributed by atoms with van der Waals surface area (Å²) in [6.45, 7) is 0.272. The van der Waals surface area contributed by atoms with Crippen molar-refractivity contribution in [1.29, 1.82) is 0 Å². The summed E-state index contributed by atoms with van der Waals surface area (Å²) in [6.07, 6.45) is 0.182. The Morgan fingerprint density at radius 3 is 3.00 bits per heavy atom. The predicted octanol–water partition coefficient (Wildman–Crippen LogP) is 2.24. The Hall–Kier alpha value is -1.65. The average molecular weight is 273 g/mol. The second-order valence-corrected chi connectivity index (χ2v) is 5.55. The molecule has 98 valence electrons. The predicted molar refractivity (Wildman–Crippen MR) is 75.2 cm³/mol. The van der Waals surface area contributed by atoms with Crippen LogP contribution in [0.3, 0.4) is 0 Å². The molecule has 1 aliphatic carbocycles. The van der Waals surface area contributed by atoms with Crippen LogP contribution in [-0.2, 0) is 11.2 Å². The molecule has 0 spiro atoms. The fourth-order valence-electron chi connectivity index (χ4n) is 2.40. The Labute approximate surface area is 115 Å². The lowest BCUT2D eigenvalue weighted by Gasteiger charge is -2.29. The second kappa shape index (κ2) is 5.15. The van der Waals surface area contributed by atoms with Crippen molar-refractivity contribution in [1.82, 2.24) is 5.32 Å². The van der Waals surface area contributed by atoms with Crippen LogP contribution in [-0.4, -0.2) is 17.6 Å². The summed E-state index contributed by atoms with van der Waals surface area (Å²) < 4.78 is 0. The van der Waals surface area contributed by atoms with Crippen molar-refractivity contribution in [3.05, 3.63) is 57.8 Å². The van der Waals surface area contributed by atoms with Gasteiger partial charge >= 0.3 is 0 Å². The zero-order chi connectivity index (χ0) is 13.2. The minimum Gasteiger partial charge on any atom is -0.387 e. The number of benzene rings is 1. The van der Waals surface area contributed by atoms with Crippen LogP contribution < -0.4 is 5.32 Å². The van der Waals surface area contributed by atoms with E-state index in [1.54, 1.807) is 11.3 Å². The van der Waals surface area contributed by atoms with Gasteiger partial charge in [-0.3, -0.25) is 4.79 Å². The maximum atomic E-state index is 12.0. The molecule has 0 fully saturated rings. The van der Waals surface area contributed by atoms with Crippen LogP contribution in [0.4, 0.5) is 0 Å². The van der Waals surface area contributed by atoms with Crippen LogP contribution in [0.15, 0.2) is 41.1 Å². The lowest BCUT2D eigenvalue weighted by molar-refractivity contribution is -0.123. The van der Waals surface area contributed by atoms with Crippen molar-refractivity contribution in [3.8, 4) is 0 Å². The molecule has 19 heavy (non-hydrogen) atoms. The first-order valence-corrected chi connectivity index (χ1v) is 7.25. The summed E-state index contributed by atoms with van der Waals surface area (Å²) in [6, 6.07) is 9.88. The first-order chi connectivity index (χ1) is 9.25. The molecule has 1 aromatic carbocycles. The summed E-state index contributed by atoms with van der Waals surface area (Å²) in [5.74, 6) is -0.0427.